The van der Waals surface area contributed by atoms with E-state index in [-0.39, 0.29) is 17.9 Å². The van der Waals surface area contributed by atoms with E-state index in [1.165, 1.54) is 18.2 Å². The summed E-state index contributed by atoms with van der Waals surface area (Å²) in [4.78, 5) is 0. The first-order valence-electron chi connectivity index (χ1n) is 3.80. The first kappa shape index (κ1) is 10.7. The summed E-state index contributed by atoms with van der Waals surface area (Å²) in [5.74, 6) is -0.349. The van der Waals surface area contributed by atoms with E-state index < -0.39 is 5.82 Å². The van der Waals surface area contributed by atoms with Gasteiger partial charge in [0.1, 0.15) is 29.8 Å². The van der Waals surface area contributed by atoms with Crippen molar-refractivity contribution in [2.45, 2.75) is 0 Å². The molecule has 0 aromatic heterocycles. The number of nitriles is 1. The Hall–Kier alpha value is -1.34. The van der Waals surface area contributed by atoms with Gasteiger partial charge in [0.15, 0.2) is 0 Å². The molecule has 1 aromatic carbocycles. The van der Waals surface area contributed by atoms with Gasteiger partial charge in [0.05, 0.1) is 0 Å². The Bertz CT molecular complexity index is 398. The Labute approximate surface area is 89.7 Å². The molecule has 14 heavy (non-hydrogen) atoms. The smallest absolute Gasteiger partial charge is 0.144 e. The Balaban J connectivity index is 2.92. The normalized spacial score (nSPS) is 9.21. The lowest BCUT2D eigenvalue weighted by molar-refractivity contribution is 0.357. The van der Waals surface area contributed by atoms with E-state index in [2.05, 4.69) is 22.5 Å². The molecule has 0 amide bonds. The molecule has 0 radical (unpaired) electrons. The minimum Gasteiger partial charge on any atom is -0.487 e. The minimum absolute atomic E-state index is 0.0822. The van der Waals surface area contributed by atoms with Crippen LogP contribution in [0.15, 0.2) is 29.3 Å². The third-order valence-electron chi connectivity index (χ3n) is 1.47. The SMILES string of the molecule is C=C(Br)COc1cccc(F)c1C#N. The largest absolute Gasteiger partial charge is 0.487 e. The number of hydrogen-bond acceptors (Lipinski definition) is 2. The molecule has 0 aliphatic heterocycles. The van der Waals surface area contributed by atoms with Crippen LogP contribution >= 0.6 is 15.9 Å². The van der Waals surface area contributed by atoms with Crippen molar-refractivity contribution >= 4 is 15.9 Å². The second-order valence-corrected chi connectivity index (χ2v) is 3.65. The maximum atomic E-state index is 13.0. The Kier molecular flexibility index (Phi) is 3.66. The zero-order valence-corrected chi connectivity index (χ0v) is 8.84. The standard InChI is InChI=1S/C10H7BrFNO/c1-7(11)6-14-10-4-2-3-9(12)8(10)5-13/h2-4H,1,6H2. The van der Waals surface area contributed by atoms with Crippen LogP contribution < -0.4 is 4.74 Å². The summed E-state index contributed by atoms with van der Waals surface area (Å²) in [5, 5.41) is 8.66. The van der Waals surface area contributed by atoms with E-state index in [0.717, 1.165) is 0 Å². The van der Waals surface area contributed by atoms with Crippen molar-refractivity contribution in [1.82, 2.24) is 0 Å². The molecule has 1 rings (SSSR count). The molecular weight excluding hydrogens is 249 g/mol. The molecule has 72 valence electrons. The Morgan fingerprint density at radius 1 is 1.64 bits per heavy atom. The van der Waals surface area contributed by atoms with E-state index in [4.69, 9.17) is 10.00 Å². The van der Waals surface area contributed by atoms with Gasteiger partial charge in [-0.05, 0) is 12.1 Å². The number of hydrogen-bond donors (Lipinski definition) is 0. The van der Waals surface area contributed by atoms with E-state index >= 15 is 0 Å². The maximum Gasteiger partial charge on any atom is 0.144 e. The molecule has 2 nitrogen and oxygen atoms in total. The summed E-state index contributed by atoms with van der Waals surface area (Å²) in [6.45, 7) is 3.77. The minimum atomic E-state index is -0.579. The van der Waals surface area contributed by atoms with Gasteiger partial charge < -0.3 is 4.74 Å². The molecule has 0 fully saturated rings. The Morgan fingerprint density at radius 2 is 2.36 bits per heavy atom. The predicted molar refractivity (Wildman–Crippen MR) is 54.7 cm³/mol. The fourth-order valence-electron chi connectivity index (χ4n) is 0.889. The number of ether oxygens (including phenoxy) is 1. The first-order chi connectivity index (χ1) is 6.65. The predicted octanol–water partition coefficient (Wildman–Crippen LogP) is 2.98. The molecular formula is C10H7BrFNO. The molecule has 0 saturated heterocycles. The fraction of sp³-hybridized carbons (Fsp3) is 0.100. The van der Waals surface area contributed by atoms with Gasteiger partial charge in [-0.1, -0.05) is 28.6 Å². The number of rotatable bonds is 3. The van der Waals surface area contributed by atoms with Crippen LogP contribution in [0.2, 0.25) is 0 Å². The van der Waals surface area contributed by atoms with Crippen molar-refractivity contribution in [3.05, 3.63) is 40.6 Å². The Morgan fingerprint density at radius 3 is 2.93 bits per heavy atom. The molecule has 0 atom stereocenters. The molecule has 0 bridgehead atoms. The van der Waals surface area contributed by atoms with Crippen LogP contribution in [0.3, 0.4) is 0 Å². The number of benzene rings is 1. The van der Waals surface area contributed by atoms with E-state index in [0.29, 0.717) is 4.48 Å². The van der Waals surface area contributed by atoms with Crippen LogP contribution in [0.1, 0.15) is 5.56 Å². The van der Waals surface area contributed by atoms with Crippen molar-refractivity contribution in [3.8, 4) is 11.8 Å². The van der Waals surface area contributed by atoms with Crippen LogP contribution in [0.5, 0.6) is 5.75 Å². The quantitative estimate of drug-likeness (QED) is 0.832. The molecule has 0 saturated carbocycles. The van der Waals surface area contributed by atoms with Crippen molar-refractivity contribution < 1.29 is 9.13 Å². The van der Waals surface area contributed by atoms with Crippen LogP contribution in [0, 0.1) is 17.1 Å². The van der Waals surface area contributed by atoms with E-state index in [1.54, 1.807) is 6.07 Å². The molecule has 0 spiro atoms. The van der Waals surface area contributed by atoms with Gasteiger partial charge in [0.2, 0.25) is 0 Å². The van der Waals surface area contributed by atoms with Crippen LogP contribution in [-0.2, 0) is 0 Å². The summed E-state index contributed by atoms with van der Waals surface area (Å²) in [6, 6.07) is 5.99. The second kappa shape index (κ2) is 4.77. The summed E-state index contributed by atoms with van der Waals surface area (Å²) < 4.78 is 18.8. The lowest BCUT2D eigenvalue weighted by Crippen LogP contribution is -1.99. The lowest BCUT2D eigenvalue weighted by atomic mass is 10.2. The molecule has 0 aliphatic carbocycles. The highest BCUT2D eigenvalue weighted by atomic mass is 79.9. The van der Waals surface area contributed by atoms with Crippen LogP contribution in [-0.4, -0.2) is 6.61 Å². The van der Waals surface area contributed by atoms with E-state index in [1.807, 2.05) is 0 Å². The maximum absolute atomic E-state index is 13.0. The van der Waals surface area contributed by atoms with Gasteiger partial charge in [0, 0.05) is 4.48 Å². The lowest BCUT2D eigenvalue weighted by Gasteiger charge is -2.06. The van der Waals surface area contributed by atoms with Gasteiger partial charge in [0.25, 0.3) is 0 Å². The van der Waals surface area contributed by atoms with Gasteiger partial charge in [-0.25, -0.2) is 4.39 Å². The molecule has 1 aromatic rings. The first-order valence-corrected chi connectivity index (χ1v) is 4.59. The van der Waals surface area contributed by atoms with Crippen LogP contribution in [0.4, 0.5) is 4.39 Å². The average molecular weight is 256 g/mol. The molecule has 0 N–H and O–H groups in total. The van der Waals surface area contributed by atoms with Gasteiger partial charge in [-0.2, -0.15) is 5.26 Å². The van der Waals surface area contributed by atoms with Gasteiger partial charge in [-0.3, -0.25) is 0 Å². The number of nitrogens with zero attached hydrogens (tertiary/aromatic N) is 1. The fourth-order valence-corrected chi connectivity index (χ4v) is 1.00. The monoisotopic (exact) mass is 255 g/mol. The van der Waals surface area contributed by atoms with Crippen molar-refractivity contribution in [3.63, 3.8) is 0 Å². The summed E-state index contributed by atoms with van der Waals surface area (Å²) in [5.41, 5.74) is -0.0822. The van der Waals surface area contributed by atoms with Gasteiger partial charge in [-0.15, -0.1) is 0 Å². The molecule has 4 heteroatoms. The highest BCUT2D eigenvalue weighted by molar-refractivity contribution is 9.11. The topological polar surface area (TPSA) is 33.0 Å². The summed E-state index contributed by atoms with van der Waals surface area (Å²) >= 11 is 3.10. The van der Waals surface area contributed by atoms with Crippen molar-refractivity contribution in [2.75, 3.05) is 6.61 Å². The highest BCUT2D eigenvalue weighted by Gasteiger charge is 2.08. The molecule has 0 aliphatic rings. The third-order valence-corrected chi connectivity index (χ3v) is 1.70. The van der Waals surface area contributed by atoms with E-state index in [9.17, 15) is 4.39 Å². The van der Waals surface area contributed by atoms with Crippen LogP contribution in [0.25, 0.3) is 0 Å². The average Bonchev–Trinajstić information content (AvgIpc) is 2.14. The molecule has 0 unspecified atom stereocenters. The summed E-state index contributed by atoms with van der Waals surface area (Å²) in [7, 11) is 0. The third kappa shape index (κ3) is 2.57. The van der Waals surface area contributed by atoms with Gasteiger partial charge >= 0.3 is 0 Å². The zero-order chi connectivity index (χ0) is 10.6. The zero-order valence-electron chi connectivity index (χ0n) is 7.26. The highest BCUT2D eigenvalue weighted by Crippen LogP contribution is 2.21. The molecule has 0 heterocycles. The van der Waals surface area contributed by atoms with Crippen molar-refractivity contribution in [1.29, 1.82) is 5.26 Å². The number of halogens is 2. The second-order valence-electron chi connectivity index (χ2n) is 2.53. The summed E-state index contributed by atoms with van der Waals surface area (Å²) in [6.07, 6.45) is 0. The van der Waals surface area contributed by atoms with Crippen molar-refractivity contribution in [2.24, 2.45) is 0 Å².